The molecule has 0 aliphatic heterocycles. The Labute approximate surface area is 350 Å². The monoisotopic (exact) mass is 767 g/mol. The molecule has 284 valence electrons. The van der Waals surface area contributed by atoms with Crippen molar-refractivity contribution in [1.82, 2.24) is 9.55 Å². The number of nitrogens with zero attached hydrogens (tertiary/aromatic N) is 3. The van der Waals surface area contributed by atoms with Crippen LogP contribution in [0.25, 0.3) is 49.9 Å². The zero-order valence-electron chi connectivity index (χ0n) is 33.5. The highest BCUT2D eigenvalue weighted by Gasteiger charge is 2.46. The number of rotatable bonds is 6. The van der Waals surface area contributed by atoms with Crippen LogP contribution in [0, 0.1) is 0 Å². The van der Waals surface area contributed by atoms with Gasteiger partial charge in [0.2, 0.25) is 0 Å². The number of pyridine rings is 1. The first kappa shape index (κ1) is 34.5. The zero-order chi connectivity index (χ0) is 40.0. The van der Waals surface area contributed by atoms with Crippen molar-refractivity contribution in [3.63, 3.8) is 0 Å². The molecule has 0 saturated carbocycles. The van der Waals surface area contributed by atoms with Gasteiger partial charge < -0.3 is 9.47 Å². The highest BCUT2D eigenvalue weighted by molar-refractivity contribution is 6.10. The molecule has 60 heavy (non-hydrogen) atoms. The second-order valence-electron chi connectivity index (χ2n) is 16.7. The summed E-state index contributed by atoms with van der Waals surface area (Å²) in [6, 6.07) is 75.8. The molecule has 0 amide bonds. The fourth-order valence-electron chi connectivity index (χ4n) is 10.7. The largest absolute Gasteiger partial charge is 0.310 e. The van der Waals surface area contributed by atoms with Gasteiger partial charge in [0.25, 0.3) is 0 Å². The molecule has 0 spiro atoms. The second-order valence-corrected chi connectivity index (χ2v) is 16.7. The molecule has 0 fully saturated rings. The Morgan fingerprint density at radius 3 is 1.67 bits per heavy atom. The molecular weight excluding hydrogens is 727 g/mol. The van der Waals surface area contributed by atoms with Crippen LogP contribution >= 0.6 is 0 Å². The molecule has 3 nitrogen and oxygen atoms in total. The van der Waals surface area contributed by atoms with Crippen LogP contribution in [0.5, 0.6) is 0 Å². The minimum Gasteiger partial charge on any atom is -0.310 e. The van der Waals surface area contributed by atoms with Crippen molar-refractivity contribution in [3.05, 3.63) is 246 Å². The molecule has 10 aromatic rings. The van der Waals surface area contributed by atoms with Crippen molar-refractivity contribution in [1.29, 1.82) is 0 Å². The van der Waals surface area contributed by atoms with E-state index >= 15 is 0 Å². The lowest BCUT2D eigenvalue weighted by molar-refractivity contribution is 0.660. The normalized spacial score (nSPS) is 14.1. The Morgan fingerprint density at radius 1 is 0.417 bits per heavy atom. The van der Waals surface area contributed by atoms with Crippen molar-refractivity contribution in [2.45, 2.75) is 24.7 Å². The number of para-hydroxylation sites is 1. The lowest BCUT2D eigenvalue weighted by Crippen LogP contribution is -2.28. The Balaban J connectivity index is 1.04. The van der Waals surface area contributed by atoms with E-state index in [9.17, 15) is 0 Å². The zero-order valence-corrected chi connectivity index (χ0v) is 33.5. The van der Waals surface area contributed by atoms with Gasteiger partial charge in [0.15, 0.2) is 0 Å². The molecule has 0 radical (unpaired) electrons. The van der Waals surface area contributed by atoms with Crippen molar-refractivity contribution >= 4 is 39.0 Å². The van der Waals surface area contributed by atoms with Crippen LogP contribution in [0.1, 0.15) is 47.2 Å². The lowest BCUT2D eigenvalue weighted by atomic mass is 9.67. The maximum absolute atomic E-state index is 5.07. The summed E-state index contributed by atoms with van der Waals surface area (Å²) in [6.07, 6.45) is 1.92. The third-order valence-corrected chi connectivity index (χ3v) is 13.3. The predicted molar refractivity (Wildman–Crippen MR) is 248 cm³/mol. The smallest absolute Gasteiger partial charge is 0.0963 e. The molecule has 2 aromatic heterocycles. The topological polar surface area (TPSA) is 21.1 Å². The fraction of sp³-hybridized carbons (Fsp3) is 0.0702. The van der Waals surface area contributed by atoms with Gasteiger partial charge in [-0.05, 0) is 128 Å². The summed E-state index contributed by atoms with van der Waals surface area (Å²) in [4.78, 5) is 7.45. The molecule has 12 rings (SSSR count). The summed E-state index contributed by atoms with van der Waals surface area (Å²) in [6.45, 7) is 4.68. The van der Waals surface area contributed by atoms with Crippen LogP contribution in [0.4, 0.5) is 17.1 Å². The van der Waals surface area contributed by atoms with Crippen LogP contribution in [-0.4, -0.2) is 9.55 Å². The van der Waals surface area contributed by atoms with Crippen molar-refractivity contribution in [3.8, 4) is 27.9 Å². The molecule has 2 heterocycles. The van der Waals surface area contributed by atoms with E-state index in [-0.39, 0.29) is 5.41 Å². The van der Waals surface area contributed by atoms with Crippen molar-refractivity contribution in [2.24, 2.45) is 0 Å². The minimum absolute atomic E-state index is 0.0480. The van der Waals surface area contributed by atoms with Crippen LogP contribution in [-0.2, 0) is 10.8 Å². The Kier molecular flexibility index (Phi) is 7.49. The van der Waals surface area contributed by atoms with Gasteiger partial charge in [0, 0.05) is 39.7 Å². The molecule has 0 saturated heterocycles. The maximum atomic E-state index is 5.07. The lowest BCUT2D eigenvalue weighted by Gasteiger charge is -2.33. The van der Waals surface area contributed by atoms with Gasteiger partial charge in [-0.15, -0.1) is 0 Å². The van der Waals surface area contributed by atoms with Gasteiger partial charge in [-0.3, -0.25) is 4.98 Å². The maximum Gasteiger partial charge on any atom is 0.0963 e. The number of hydrogen-bond acceptors (Lipinski definition) is 2. The number of hydrogen-bond donors (Lipinski definition) is 0. The predicted octanol–water partition coefficient (Wildman–Crippen LogP) is 14.3. The number of fused-ring (bicyclic) bond motifs is 9. The van der Waals surface area contributed by atoms with E-state index < -0.39 is 5.41 Å². The standard InChI is InChI=1S/C57H41N3/c1-56(2)49-25-14-12-23-44(49)46-35-43(32-33-50(46)56)59(40-21-10-5-11-22-40)41-28-30-42(31-29-41)60-53-27-16-34-58-55(53)48-36-52-47(37-54(48)60)45-24-13-15-26-51(45)57(52,38-17-6-3-7-18-38)39-19-8-4-9-20-39/h3-37H,1-2H3. The Bertz CT molecular complexity index is 3230. The fourth-order valence-corrected chi connectivity index (χ4v) is 10.7. The highest BCUT2D eigenvalue weighted by atomic mass is 15.1. The molecule has 0 bridgehead atoms. The van der Waals surface area contributed by atoms with Crippen molar-refractivity contribution < 1.29 is 0 Å². The SMILES string of the molecule is CC1(C)c2ccccc2-c2cc(N(c3ccccc3)c3ccc(-n4c5cc6c(cc5c5ncccc54)C(c4ccccc4)(c4ccccc4)c4ccccc4-6)cc3)ccc21. The third-order valence-electron chi connectivity index (χ3n) is 13.3. The molecular formula is C57H41N3. The van der Waals surface area contributed by atoms with Gasteiger partial charge >= 0.3 is 0 Å². The molecule has 8 aromatic carbocycles. The molecule has 2 aliphatic rings. The van der Waals surface area contributed by atoms with E-state index in [2.05, 4.69) is 230 Å². The first-order chi connectivity index (χ1) is 29.5. The van der Waals surface area contributed by atoms with Gasteiger partial charge in [0.1, 0.15) is 0 Å². The first-order valence-electron chi connectivity index (χ1n) is 20.9. The van der Waals surface area contributed by atoms with Crippen LogP contribution < -0.4 is 4.90 Å². The molecule has 0 unspecified atom stereocenters. The number of benzene rings is 8. The van der Waals surface area contributed by atoms with Gasteiger partial charge in [0.05, 0.1) is 22.0 Å². The van der Waals surface area contributed by atoms with E-state index in [1.165, 1.54) is 55.6 Å². The van der Waals surface area contributed by atoms with Crippen molar-refractivity contribution in [2.75, 3.05) is 4.90 Å². The van der Waals surface area contributed by atoms with E-state index in [0.717, 1.165) is 44.7 Å². The summed E-state index contributed by atoms with van der Waals surface area (Å²) >= 11 is 0. The summed E-state index contributed by atoms with van der Waals surface area (Å²) in [5.74, 6) is 0. The molecule has 3 heteroatoms. The number of anilines is 3. The quantitative estimate of drug-likeness (QED) is 0.168. The molecule has 2 aliphatic carbocycles. The van der Waals surface area contributed by atoms with E-state index in [1.54, 1.807) is 0 Å². The van der Waals surface area contributed by atoms with E-state index in [1.807, 2.05) is 6.20 Å². The average molecular weight is 768 g/mol. The third kappa shape index (κ3) is 4.81. The summed E-state index contributed by atoms with van der Waals surface area (Å²) < 4.78 is 2.40. The first-order valence-corrected chi connectivity index (χ1v) is 20.9. The molecule has 0 N–H and O–H groups in total. The van der Waals surface area contributed by atoms with Gasteiger partial charge in [-0.1, -0.05) is 147 Å². The van der Waals surface area contributed by atoms with Crippen LogP contribution in [0.3, 0.4) is 0 Å². The highest BCUT2D eigenvalue weighted by Crippen LogP contribution is 2.57. The summed E-state index contributed by atoms with van der Waals surface area (Å²) in [5, 5.41) is 1.14. The molecule has 0 atom stereocenters. The van der Waals surface area contributed by atoms with Crippen LogP contribution in [0.2, 0.25) is 0 Å². The Morgan fingerprint density at radius 2 is 0.967 bits per heavy atom. The average Bonchev–Trinajstić information content (AvgIpc) is 3.87. The summed E-state index contributed by atoms with van der Waals surface area (Å²) in [7, 11) is 0. The van der Waals surface area contributed by atoms with E-state index in [0.29, 0.717) is 0 Å². The second kappa shape index (κ2) is 13.0. The van der Waals surface area contributed by atoms with E-state index in [4.69, 9.17) is 4.98 Å². The number of aromatic nitrogens is 2. The van der Waals surface area contributed by atoms with Gasteiger partial charge in [-0.25, -0.2) is 0 Å². The summed E-state index contributed by atoms with van der Waals surface area (Å²) in [5.41, 5.74) is 20.1. The minimum atomic E-state index is -0.482. The van der Waals surface area contributed by atoms with Gasteiger partial charge in [-0.2, -0.15) is 0 Å². The van der Waals surface area contributed by atoms with Crippen LogP contribution in [0.15, 0.2) is 212 Å². The Hall–Kier alpha value is -7.49.